The molecule has 0 atom stereocenters. The first-order chi connectivity index (χ1) is 12.3. The van der Waals surface area contributed by atoms with Crippen molar-refractivity contribution in [3.63, 3.8) is 0 Å². The molecular weight excluding hydrogens is 351 g/mol. The predicted molar refractivity (Wildman–Crippen MR) is 81.5 cm³/mol. The van der Waals surface area contributed by atoms with Gasteiger partial charge in [0.2, 0.25) is 11.6 Å². The molecule has 0 aliphatic heterocycles. The van der Waals surface area contributed by atoms with Gasteiger partial charge in [0.25, 0.3) is 5.89 Å². The van der Waals surface area contributed by atoms with Crippen molar-refractivity contribution in [2.45, 2.75) is 0 Å². The second-order valence-corrected chi connectivity index (χ2v) is 4.97. The first-order valence-corrected chi connectivity index (χ1v) is 6.80. The molecule has 11 heteroatoms. The molecule has 0 spiro atoms. The third-order valence-electron chi connectivity index (χ3n) is 3.41. The van der Waals surface area contributed by atoms with Crippen LogP contribution in [0.5, 0.6) is 17.2 Å². The van der Waals surface area contributed by atoms with Crippen LogP contribution in [0.1, 0.15) is 5.56 Å². The second kappa shape index (κ2) is 6.02. The number of halogens is 1. The number of hydrogen-bond acceptors (Lipinski definition) is 9. The zero-order valence-corrected chi connectivity index (χ0v) is 12.5. The van der Waals surface area contributed by atoms with Crippen molar-refractivity contribution in [1.29, 1.82) is 5.26 Å². The SMILES string of the molecule is N#Cc1c(-c2nc(-c3ccc(F)c(O)c3)no2)cc(O)c(O)c1[N+](=O)[O-]. The first-order valence-electron chi connectivity index (χ1n) is 6.80. The Morgan fingerprint density at radius 1 is 1.23 bits per heavy atom. The number of benzene rings is 2. The third kappa shape index (κ3) is 2.61. The van der Waals surface area contributed by atoms with Gasteiger partial charge in [0.15, 0.2) is 17.3 Å². The number of nitro benzene ring substituents is 1. The highest BCUT2D eigenvalue weighted by atomic mass is 19.1. The fourth-order valence-electron chi connectivity index (χ4n) is 2.21. The Bertz CT molecular complexity index is 1090. The summed E-state index contributed by atoms with van der Waals surface area (Å²) < 4.78 is 18.1. The number of phenolic OH excluding ortho intramolecular Hbond substituents is 3. The lowest BCUT2D eigenvalue weighted by Gasteiger charge is -2.04. The molecular formula is C15H7FN4O6. The molecule has 0 fully saturated rings. The quantitative estimate of drug-likeness (QED) is 0.362. The minimum absolute atomic E-state index is 0.102. The van der Waals surface area contributed by atoms with E-state index in [1.54, 1.807) is 6.07 Å². The van der Waals surface area contributed by atoms with E-state index in [0.717, 1.165) is 18.2 Å². The minimum Gasteiger partial charge on any atom is -0.505 e. The molecule has 0 bridgehead atoms. The van der Waals surface area contributed by atoms with Gasteiger partial charge >= 0.3 is 5.69 Å². The number of aromatic nitrogens is 2. The lowest BCUT2D eigenvalue weighted by Crippen LogP contribution is -1.96. The summed E-state index contributed by atoms with van der Waals surface area (Å²) in [4.78, 5) is 14.0. The summed E-state index contributed by atoms with van der Waals surface area (Å²) >= 11 is 0. The Kier molecular flexibility index (Phi) is 3.86. The molecule has 26 heavy (non-hydrogen) atoms. The molecule has 0 aliphatic rings. The van der Waals surface area contributed by atoms with Gasteiger partial charge in [-0.25, -0.2) is 4.39 Å². The van der Waals surface area contributed by atoms with Crippen LogP contribution in [0.15, 0.2) is 28.8 Å². The molecule has 0 unspecified atom stereocenters. The molecule has 0 radical (unpaired) electrons. The van der Waals surface area contributed by atoms with Gasteiger partial charge in [-0.3, -0.25) is 10.1 Å². The van der Waals surface area contributed by atoms with Gasteiger partial charge < -0.3 is 19.8 Å². The topological polar surface area (TPSA) is 167 Å². The van der Waals surface area contributed by atoms with Crippen LogP contribution in [-0.2, 0) is 0 Å². The van der Waals surface area contributed by atoms with Crippen molar-refractivity contribution in [2.75, 3.05) is 0 Å². The summed E-state index contributed by atoms with van der Waals surface area (Å²) in [7, 11) is 0. The number of nitro groups is 1. The normalized spacial score (nSPS) is 10.5. The minimum atomic E-state index is -1.07. The number of hydrogen-bond donors (Lipinski definition) is 3. The lowest BCUT2D eigenvalue weighted by atomic mass is 10.0. The van der Waals surface area contributed by atoms with Crippen LogP contribution >= 0.6 is 0 Å². The van der Waals surface area contributed by atoms with Gasteiger partial charge in [0.05, 0.1) is 10.5 Å². The van der Waals surface area contributed by atoms with Gasteiger partial charge in [-0.1, -0.05) is 5.16 Å². The van der Waals surface area contributed by atoms with Crippen molar-refractivity contribution >= 4 is 5.69 Å². The summed E-state index contributed by atoms with van der Waals surface area (Å²) in [5, 5.41) is 52.6. The first kappa shape index (κ1) is 16.7. The summed E-state index contributed by atoms with van der Waals surface area (Å²) in [6.07, 6.45) is 0. The van der Waals surface area contributed by atoms with E-state index in [9.17, 15) is 35.1 Å². The Balaban J connectivity index is 2.17. The zero-order valence-electron chi connectivity index (χ0n) is 12.5. The van der Waals surface area contributed by atoms with E-state index in [1.807, 2.05) is 0 Å². The highest BCUT2D eigenvalue weighted by Crippen LogP contribution is 2.43. The number of aromatic hydroxyl groups is 3. The van der Waals surface area contributed by atoms with Gasteiger partial charge in [-0.2, -0.15) is 10.2 Å². The van der Waals surface area contributed by atoms with Crippen LogP contribution in [0.3, 0.4) is 0 Å². The fraction of sp³-hybridized carbons (Fsp3) is 0. The molecule has 3 rings (SSSR count). The Morgan fingerprint density at radius 2 is 1.96 bits per heavy atom. The van der Waals surface area contributed by atoms with Crippen LogP contribution < -0.4 is 0 Å². The number of rotatable bonds is 3. The summed E-state index contributed by atoms with van der Waals surface area (Å²) in [6.45, 7) is 0. The van der Waals surface area contributed by atoms with Gasteiger partial charge in [0.1, 0.15) is 11.6 Å². The molecule has 3 N–H and O–H groups in total. The lowest BCUT2D eigenvalue weighted by molar-refractivity contribution is -0.386. The van der Waals surface area contributed by atoms with Crippen LogP contribution in [0.2, 0.25) is 0 Å². The van der Waals surface area contributed by atoms with Crippen LogP contribution in [-0.4, -0.2) is 30.4 Å². The van der Waals surface area contributed by atoms with E-state index in [2.05, 4.69) is 10.1 Å². The van der Waals surface area contributed by atoms with E-state index >= 15 is 0 Å². The second-order valence-electron chi connectivity index (χ2n) is 4.97. The monoisotopic (exact) mass is 358 g/mol. The van der Waals surface area contributed by atoms with E-state index < -0.39 is 39.2 Å². The molecule has 2 aromatic carbocycles. The van der Waals surface area contributed by atoms with Crippen molar-refractivity contribution < 1.29 is 29.2 Å². The van der Waals surface area contributed by atoms with Crippen molar-refractivity contribution in [2.24, 2.45) is 0 Å². The van der Waals surface area contributed by atoms with Gasteiger partial charge in [-0.15, -0.1) is 0 Å². The molecule has 0 saturated heterocycles. The van der Waals surface area contributed by atoms with Crippen LogP contribution in [0.4, 0.5) is 10.1 Å². The highest BCUT2D eigenvalue weighted by molar-refractivity contribution is 5.78. The summed E-state index contributed by atoms with van der Waals surface area (Å²) in [5.41, 5.74) is -1.71. The molecule has 1 aromatic heterocycles. The maximum Gasteiger partial charge on any atom is 0.333 e. The average molecular weight is 358 g/mol. The van der Waals surface area contributed by atoms with E-state index in [-0.39, 0.29) is 22.8 Å². The van der Waals surface area contributed by atoms with Gasteiger partial charge in [-0.05, 0) is 24.3 Å². The van der Waals surface area contributed by atoms with E-state index in [4.69, 9.17) is 4.52 Å². The summed E-state index contributed by atoms with van der Waals surface area (Å²) in [5.74, 6) is -3.90. The van der Waals surface area contributed by atoms with Crippen molar-refractivity contribution in [1.82, 2.24) is 10.1 Å². The molecule has 3 aromatic rings. The average Bonchev–Trinajstić information content (AvgIpc) is 3.08. The highest BCUT2D eigenvalue weighted by Gasteiger charge is 2.30. The fourth-order valence-corrected chi connectivity index (χ4v) is 2.21. The standard InChI is InChI=1S/C15H7FN4O6/c16-9-2-1-6(3-10(9)21)14-18-15(26-19-14)7-4-11(22)13(23)12(20(24)25)8(7)5-17/h1-4,21-23H. The molecule has 0 aliphatic carbocycles. The Hall–Kier alpha value is -4.20. The molecule has 1 heterocycles. The predicted octanol–water partition coefficient (Wildman–Crippen LogP) is 2.44. The smallest absolute Gasteiger partial charge is 0.333 e. The van der Waals surface area contributed by atoms with Crippen LogP contribution in [0, 0.1) is 27.3 Å². The number of nitrogens with zero attached hydrogens (tertiary/aromatic N) is 4. The van der Waals surface area contributed by atoms with Crippen molar-refractivity contribution in [3.8, 4) is 46.2 Å². The Labute approximate surface area is 143 Å². The van der Waals surface area contributed by atoms with E-state index in [1.165, 1.54) is 6.07 Å². The maximum absolute atomic E-state index is 13.1. The van der Waals surface area contributed by atoms with Gasteiger partial charge in [0, 0.05) is 5.56 Å². The zero-order chi connectivity index (χ0) is 19.0. The summed E-state index contributed by atoms with van der Waals surface area (Å²) in [6, 6.07) is 5.67. The molecule has 0 saturated carbocycles. The largest absolute Gasteiger partial charge is 0.505 e. The van der Waals surface area contributed by atoms with E-state index in [0.29, 0.717) is 0 Å². The van der Waals surface area contributed by atoms with Crippen LogP contribution in [0.25, 0.3) is 22.8 Å². The Morgan fingerprint density at radius 3 is 2.58 bits per heavy atom. The molecule has 130 valence electrons. The molecule has 0 amide bonds. The molecule has 10 nitrogen and oxygen atoms in total. The van der Waals surface area contributed by atoms with Crippen molar-refractivity contribution in [3.05, 3.63) is 45.8 Å². The third-order valence-corrected chi connectivity index (χ3v) is 3.41. The number of nitriles is 1. The number of phenols is 3. The maximum atomic E-state index is 13.1.